The highest BCUT2D eigenvalue weighted by atomic mass is 16.6. The molecule has 0 N–H and O–H groups in total. The number of carbonyl (C=O) groups excluding carboxylic acids is 2. The van der Waals surface area contributed by atoms with E-state index in [1.165, 1.54) is 0 Å². The summed E-state index contributed by atoms with van der Waals surface area (Å²) < 4.78 is 10.1. The van der Waals surface area contributed by atoms with Crippen LogP contribution in [0.3, 0.4) is 0 Å². The lowest BCUT2D eigenvalue weighted by Crippen LogP contribution is -2.23. The largest absolute Gasteiger partial charge is 0.463 e. The Morgan fingerprint density at radius 1 is 0.933 bits per heavy atom. The summed E-state index contributed by atoms with van der Waals surface area (Å²) in [5, 5.41) is 0. The van der Waals surface area contributed by atoms with Crippen LogP contribution in [0.15, 0.2) is 0 Å². The van der Waals surface area contributed by atoms with Gasteiger partial charge in [0.1, 0.15) is 12.2 Å². The van der Waals surface area contributed by atoms with Crippen molar-refractivity contribution >= 4 is 11.9 Å². The minimum absolute atomic E-state index is 0.211. The van der Waals surface area contributed by atoms with Gasteiger partial charge in [-0.3, -0.25) is 9.59 Å². The Hall–Kier alpha value is -1.06. The Labute approximate surface area is 90.9 Å². The van der Waals surface area contributed by atoms with Crippen LogP contribution in [0.1, 0.15) is 47.0 Å². The van der Waals surface area contributed by atoms with Crippen LogP contribution in [-0.4, -0.2) is 24.1 Å². The molecule has 2 unspecified atom stereocenters. The van der Waals surface area contributed by atoms with E-state index in [1.54, 1.807) is 27.7 Å². The summed E-state index contributed by atoms with van der Waals surface area (Å²) in [5.41, 5.74) is 0. The molecule has 0 saturated carbocycles. The molecule has 0 saturated heterocycles. The Morgan fingerprint density at radius 2 is 1.27 bits per heavy atom. The molecule has 0 aliphatic heterocycles. The molecule has 0 aromatic carbocycles. The average Bonchev–Trinajstić information content (AvgIpc) is 2.16. The van der Waals surface area contributed by atoms with E-state index in [0.717, 1.165) is 0 Å². The van der Waals surface area contributed by atoms with Gasteiger partial charge in [-0.15, -0.1) is 0 Å². The molecule has 0 radical (unpaired) electrons. The molecule has 88 valence electrons. The van der Waals surface area contributed by atoms with Gasteiger partial charge in [-0.25, -0.2) is 0 Å². The topological polar surface area (TPSA) is 52.6 Å². The summed E-state index contributed by atoms with van der Waals surface area (Å²) in [6.07, 6.45) is 0.854. The molecule has 0 aromatic rings. The third-order valence-electron chi connectivity index (χ3n) is 1.91. The van der Waals surface area contributed by atoms with Gasteiger partial charge < -0.3 is 9.47 Å². The molecular formula is C11H20O4. The zero-order chi connectivity index (χ0) is 11.8. The summed E-state index contributed by atoms with van der Waals surface area (Å²) in [6, 6.07) is 0. The second-order valence-corrected chi connectivity index (χ2v) is 3.54. The molecule has 0 aromatic heterocycles. The number of carbonyl (C=O) groups is 2. The van der Waals surface area contributed by atoms with E-state index in [-0.39, 0.29) is 24.1 Å². The fraction of sp³-hybridized carbons (Fsp3) is 0.818. The van der Waals surface area contributed by atoms with Crippen molar-refractivity contribution in [2.75, 3.05) is 0 Å². The van der Waals surface area contributed by atoms with Crippen molar-refractivity contribution in [2.45, 2.75) is 59.2 Å². The van der Waals surface area contributed by atoms with Crippen molar-refractivity contribution in [1.29, 1.82) is 0 Å². The molecule has 0 spiro atoms. The number of esters is 2. The maximum absolute atomic E-state index is 11.0. The van der Waals surface area contributed by atoms with Crippen LogP contribution in [0.25, 0.3) is 0 Å². The first-order valence-corrected chi connectivity index (χ1v) is 5.38. The van der Waals surface area contributed by atoms with Crippen molar-refractivity contribution < 1.29 is 19.1 Å². The van der Waals surface area contributed by atoms with E-state index >= 15 is 0 Å². The normalized spacial score (nSPS) is 14.1. The summed E-state index contributed by atoms with van der Waals surface area (Å²) in [5.74, 6) is -0.451. The van der Waals surface area contributed by atoms with Crippen LogP contribution in [-0.2, 0) is 19.1 Å². The van der Waals surface area contributed by atoms with Gasteiger partial charge in [-0.1, -0.05) is 13.8 Å². The number of ether oxygens (including phenoxy) is 2. The van der Waals surface area contributed by atoms with Crippen molar-refractivity contribution in [1.82, 2.24) is 0 Å². The Morgan fingerprint density at radius 3 is 1.53 bits per heavy atom. The van der Waals surface area contributed by atoms with Crippen LogP contribution in [0.2, 0.25) is 0 Å². The predicted molar refractivity (Wildman–Crippen MR) is 56.3 cm³/mol. The molecule has 0 fully saturated rings. The Balaban J connectivity index is 3.80. The fourth-order valence-corrected chi connectivity index (χ4v) is 1.18. The molecule has 0 rings (SSSR count). The quantitative estimate of drug-likeness (QED) is 0.638. The molecule has 0 amide bonds. The zero-order valence-corrected chi connectivity index (χ0v) is 9.91. The molecule has 0 bridgehead atoms. The zero-order valence-electron chi connectivity index (χ0n) is 9.91. The Bertz CT molecular complexity index is 191. The third kappa shape index (κ3) is 6.94. The smallest absolute Gasteiger partial charge is 0.305 e. The van der Waals surface area contributed by atoms with Crippen molar-refractivity contribution in [3.63, 3.8) is 0 Å². The van der Waals surface area contributed by atoms with E-state index in [2.05, 4.69) is 0 Å². The van der Waals surface area contributed by atoms with Crippen LogP contribution in [0, 0.1) is 0 Å². The highest BCUT2D eigenvalue weighted by molar-refractivity contribution is 5.69. The lowest BCUT2D eigenvalue weighted by Gasteiger charge is -2.17. The van der Waals surface area contributed by atoms with Crippen molar-refractivity contribution in [3.05, 3.63) is 0 Å². The summed E-state index contributed by atoms with van der Waals surface area (Å²) in [7, 11) is 0. The molecule has 4 nitrogen and oxygen atoms in total. The van der Waals surface area contributed by atoms with Gasteiger partial charge >= 0.3 is 11.9 Å². The van der Waals surface area contributed by atoms with E-state index < -0.39 is 0 Å². The molecule has 15 heavy (non-hydrogen) atoms. The number of hydrogen-bond donors (Lipinski definition) is 0. The first-order chi connectivity index (χ1) is 6.99. The van der Waals surface area contributed by atoms with Gasteiger partial charge in [0.05, 0.1) is 0 Å². The van der Waals surface area contributed by atoms with Gasteiger partial charge in [0.15, 0.2) is 0 Å². The van der Waals surface area contributed by atoms with E-state index in [9.17, 15) is 9.59 Å². The molecule has 4 heteroatoms. The van der Waals surface area contributed by atoms with Crippen LogP contribution < -0.4 is 0 Å². The summed E-state index contributed by atoms with van der Waals surface area (Å²) in [4.78, 5) is 21.9. The highest BCUT2D eigenvalue weighted by Crippen LogP contribution is 2.07. The minimum Gasteiger partial charge on any atom is -0.463 e. The summed E-state index contributed by atoms with van der Waals surface area (Å²) in [6.45, 7) is 7.08. The first-order valence-electron chi connectivity index (χ1n) is 5.38. The van der Waals surface area contributed by atoms with E-state index in [0.29, 0.717) is 19.3 Å². The van der Waals surface area contributed by atoms with Crippen LogP contribution in [0.5, 0.6) is 0 Å². The third-order valence-corrected chi connectivity index (χ3v) is 1.91. The van der Waals surface area contributed by atoms with E-state index in [1.807, 2.05) is 0 Å². The van der Waals surface area contributed by atoms with E-state index in [4.69, 9.17) is 9.47 Å². The lowest BCUT2D eigenvalue weighted by molar-refractivity contribution is -0.153. The van der Waals surface area contributed by atoms with Gasteiger partial charge in [0.2, 0.25) is 0 Å². The first kappa shape index (κ1) is 13.9. The van der Waals surface area contributed by atoms with Crippen molar-refractivity contribution in [2.24, 2.45) is 0 Å². The molecule has 0 heterocycles. The van der Waals surface area contributed by atoms with Gasteiger partial charge in [-0.2, -0.15) is 0 Å². The van der Waals surface area contributed by atoms with Gasteiger partial charge in [0.25, 0.3) is 0 Å². The highest BCUT2D eigenvalue weighted by Gasteiger charge is 2.14. The standard InChI is InChI=1S/C11H20O4/c1-5-10(12)14-8(3)7-9(4)15-11(13)6-2/h8-9H,5-7H2,1-4H3. The second-order valence-electron chi connectivity index (χ2n) is 3.54. The lowest BCUT2D eigenvalue weighted by atomic mass is 10.2. The minimum atomic E-state index is -0.225. The average molecular weight is 216 g/mol. The maximum Gasteiger partial charge on any atom is 0.305 e. The molecule has 2 atom stereocenters. The molecular weight excluding hydrogens is 196 g/mol. The maximum atomic E-state index is 11.0. The van der Waals surface area contributed by atoms with Crippen molar-refractivity contribution in [3.8, 4) is 0 Å². The summed E-state index contributed by atoms with van der Waals surface area (Å²) >= 11 is 0. The molecule has 0 aliphatic carbocycles. The fourth-order valence-electron chi connectivity index (χ4n) is 1.18. The Kier molecular flexibility index (Phi) is 6.75. The van der Waals surface area contributed by atoms with Crippen LogP contribution >= 0.6 is 0 Å². The van der Waals surface area contributed by atoms with Crippen LogP contribution in [0.4, 0.5) is 0 Å². The SMILES string of the molecule is CCC(=O)OC(C)CC(C)OC(=O)CC. The second kappa shape index (κ2) is 7.26. The predicted octanol–water partition coefficient (Wildman–Crippen LogP) is 2.06. The monoisotopic (exact) mass is 216 g/mol. The number of rotatable bonds is 6. The van der Waals surface area contributed by atoms with Gasteiger partial charge in [0, 0.05) is 19.3 Å². The number of hydrogen-bond acceptors (Lipinski definition) is 4. The van der Waals surface area contributed by atoms with Gasteiger partial charge in [-0.05, 0) is 13.8 Å². The molecule has 0 aliphatic rings.